The van der Waals surface area contributed by atoms with Crippen molar-refractivity contribution in [3.63, 3.8) is 0 Å². The third kappa shape index (κ3) is 4.31. The quantitative estimate of drug-likeness (QED) is 0.795. The molecule has 1 saturated heterocycles. The van der Waals surface area contributed by atoms with E-state index in [1.54, 1.807) is 30.2 Å². The van der Waals surface area contributed by atoms with Gasteiger partial charge in [0.1, 0.15) is 11.5 Å². The molecule has 0 unspecified atom stereocenters. The summed E-state index contributed by atoms with van der Waals surface area (Å²) in [5.41, 5.74) is 1.42. The number of para-hydroxylation sites is 2. The Morgan fingerprint density at radius 3 is 2.29 bits per heavy atom. The Morgan fingerprint density at radius 1 is 0.964 bits per heavy atom. The Kier molecular flexibility index (Phi) is 6.26. The van der Waals surface area contributed by atoms with Crippen molar-refractivity contribution in [2.24, 2.45) is 0 Å². The van der Waals surface area contributed by atoms with E-state index in [0.717, 1.165) is 11.4 Å². The molecule has 2 amide bonds. The topological polar surface area (TPSA) is 71.1 Å². The third-order valence-corrected chi connectivity index (χ3v) is 4.89. The van der Waals surface area contributed by atoms with Crippen LogP contribution in [0.4, 0.5) is 11.4 Å². The SMILES string of the molecule is COc1ccc(NC(=O)C(=O)N2CCN(c3ccccc3OC)CC2)cc1Cl. The zero-order valence-corrected chi connectivity index (χ0v) is 16.5. The molecule has 1 aliphatic heterocycles. The summed E-state index contributed by atoms with van der Waals surface area (Å²) in [5.74, 6) is 0.0356. The molecular formula is C20H22ClN3O4. The number of hydrogen-bond donors (Lipinski definition) is 1. The summed E-state index contributed by atoms with van der Waals surface area (Å²) < 4.78 is 10.5. The summed E-state index contributed by atoms with van der Waals surface area (Å²) in [5, 5.41) is 2.95. The minimum atomic E-state index is -0.688. The highest BCUT2D eigenvalue weighted by molar-refractivity contribution is 6.39. The summed E-state index contributed by atoms with van der Waals surface area (Å²) in [6.07, 6.45) is 0. The molecule has 0 saturated carbocycles. The van der Waals surface area contributed by atoms with E-state index in [1.807, 2.05) is 24.3 Å². The van der Waals surface area contributed by atoms with E-state index >= 15 is 0 Å². The molecule has 148 valence electrons. The van der Waals surface area contributed by atoms with Crippen LogP contribution < -0.4 is 19.7 Å². The lowest BCUT2D eigenvalue weighted by molar-refractivity contribution is -0.143. The second-order valence-corrected chi connectivity index (χ2v) is 6.66. The van der Waals surface area contributed by atoms with Crippen LogP contribution in [0, 0.1) is 0 Å². The van der Waals surface area contributed by atoms with E-state index in [9.17, 15) is 9.59 Å². The van der Waals surface area contributed by atoms with E-state index in [4.69, 9.17) is 21.1 Å². The molecule has 0 spiro atoms. The molecule has 0 aliphatic carbocycles. The zero-order chi connectivity index (χ0) is 20.1. The predicted octanol–water partition coefficient (Wildman–Crippen LogP) is 2.64. The van der Waals surface area contributed by atoms with Gasteiger partial charge in [0.05, 0.1) is 24.9 Å². The lowest BCUT2D eigenvalue weighted by Crippen LogP contribution is -2.51. The molecule has 7 nitrogen and oxygen atoms in total. The first-order valence-electron chi connectivity index (χ1n) is 8.85. The van der Waals surface area contributed by atoms with Crippen LogP contribution in [0.2, 0.25) is 5.02 Å². The van der Waals surface area contributed by atoms with E-state index in [1.165, 1.54) is 7.11 Å². The van der Waals surface area contributed by atoms with Crippen LogP contribution in [0.15, 0.2) is 42.5 Å². The lowest BCUT2D eigenvalue weighted by atomic mass is 10.2. The van der Waals surface area contributed by atoms with Crippen LogP contribution in [0.1, 0.15) is 0 Å². The minimum absolute atomic E-state index is 0.359. The third-order valence-electron chi connectivity index (χ3n) is 4.60. The Balaban J connectivity index is 1.58. The van der Waals surface area contributed by atoms with Crippen molar-refractivity contribution in [1.82, 2.24) is 4.90 Å². The van der Waals surface area contributed by atoms with Gasteiger partial charge in [0.2, 0.25) is 0 Å². The lowest BCUT2D eigenvalue weighted by Gasteiger charge is -2.36. The van der Waals surface area contributed by atoms with E-state index in [-0.39, 0.29) is 0 Å². The van der Waals surface area contributed by atoms with Gasteiger partial charge in [-0.1, -0.05) is 23.7 Å². The van der Waals surface area contributed by atoms with E-state index in [2.05, 4.69) is 10.2 Å². The smallest absolute Gasteiger partial charge is 0.313 e. The van der Waals surface area contributed by atoms with Gasteiger partial charge in [-0.15, -0.1) is 0 Å². The van der Waals surface area contributed by atoms with Crippen LogP contribution in [0.5, 0.6) is 11.5 Å². The number of hydrogen-bond acceptors (Lipinski definition) is 5. The van der Waals surface area contributed by atoms with Crippen molar-refractivity contribution in [3.8, 4) is 11.5 Å². The van der Waals surface area contributed by atoms with Gasteiger partial charge in [-0.05, 0) is 30.3 Å². The summed E-state index contributed by atoms with van der Waals surface area (Å²) in [4.78, 5) is 28.5. The average molecular weight is 404 g/mol. The molecule has 0 aromatic heterocycles. The summed E-state index contributed by atoms with van der Waals surface area (Å²) in [6.45, 7) is 2.14. The number of anilines is 2. The van der Waals surface area contributed by atoms with Crippen LogP contribution in [0.3, 0.4) is 0 Å². The fraction of sp³-hybridized carbons (Fsp3) is 0.300. The number of methoxy groups -OCH3 is 2. The molecule has 2 aromatic rings. The monoisotopic (exact) mass is 403 g/mol. The van der Waals surface area contributed by atoms with Crippen molar-refractivity contribution in [1.29, 1.82) is 0 Å². The van der Waals surface area contributed by atoms with Gasteiger partial charge in [0.15, 0.2) is 0 Å². The molecule has 2 aromatic carbocycles. The van der Waals surface area contributed by atoms with Crippen molar-refractivity contribution in [2.45, 2.75) is 0 Å². The Hall–Kier alpha value is -2.93. The number of nitrogens with zero attached hydrogens (tertiary/aromatic N) is 2. The number of nitrogens with one attached hydrogen (secondary N) is 1. The molecule has 0 radical (unpaired) electrons. The van der Waals surface area contributed by atoms with Crippen LogP contribution in [-0.4, -0.2) is 57.1 Å². The fourth-order valence-electron chi connectivity index (χ4n) is 3.11. The van der Waals surface area contributed by atoms with Gasteiger partial charge in [0, 0.05) is 31.9 Å². The van der Waals surface area contributed by atoms with E-state index < -0.39 is 11.8 Å². The summed E-state index contributed by atoms with van der Waals surface area (Å²) >= 11 is 6.05. The Labute approximate surface area is 168 Å². The number of carbonyl (C=O) groups excluding carboxylic acids is 2. The molecule has 1 N–H and O–H groups in total. The second-order valence-electron chi connectivity index (χ2n) is 6.25. The fourth-order valence-corrected chi connectivity index (χ4v) is 3.37. The maximum atomic E-state index is 12.5. The molecule has 0 bridgehead atoms. The van der Waals surface area contributed by atoms with Crippen molar-refractivity contribution in [2.75, 3.05) is 50.6 Å². The minimum Gasteiger partial charge on any atom is -0.495 e. The number of benzene rings is 2. The zero-order valence-electron chi connectivity index (χ0n) is 15.8. The van der Waals surface area contributed by atoms with E-state index in [0.29, 0.717) is 42.6 Å². The van der Waals surface area contributed by atoms with Crippen LogP contribution in [-0.2, 0) is 9.59 Å². The first-order valence-corrected chi connectivity index (χ1v) is 9.23. The van der Waals surface area contributed by atoms with Crippen molar-refractivity contribution in [3.05, 3.63) is 47.5 Å². The summed E-state index contributed by atoms with van der Waals surface area (Å²) in [6, 6.07) is 12.6. The number of amides is 2. The van der Waals surface area contributed by atoms with Crippen LogP contribution >= 0.6 is 11.6 Å². The molecule has 1 fully saturated rings. The normalized spacial score (nSPS) is 13.8. The first-order chi connectivity index (χ1) is 13.5. The van der Waals surface area contributed by atoms with Gasteiger partial charge in [-0.3, -0.25) is 9.59 Å². The largest absolute Gasteiger partial charge is 0.495 e. The van der Waals surface area contributed by atoms with Gasteiger partial charge in [-0.2, -0.15) is 0 Å². The van der Waals surface area contributed by atoms with Gasteiger partial charge in [0.25, 0.3) is 0 Å². The molecule has 1 heterocycles. The molecule has 3 rings (SSSR count). The average Bonchev–Trinajstić information content (AvgIpc) is 2.73. The maximum Gasteiger partial charge on any atom is 0.313 e. The number of carbonyl (C=O) groups is 2. The molecular weight excluding hydrogens is 382 g/mol. The van der Waals surface area contributed by atoms with Crippen molar-refractivity contribution < 1.29 is 19.1 Å². The highest BCUT2D eigenvalue weighted by atomic mass is 35.5. The van der Waals surface area contributed by atoms with Crippen molar-refractivity contribution >= 4 is 34.8 Å². The number of ether oxygens (including phenoxy) is 2. The van der Waals surface area contributed by atoms with Crippen LogP contribution in [0.25, 0.3) is 0 Å². The molecule has 28 heavy (non-hydrogen) atoms. The van der Waals surface area contributed by atoms with Gasteiger partial charge < -0.3 is 24.6 Å². The maximum absolute atomic E-state index is 12.5. The second kappa shape index (κ2) is 8.84. The summed E-state index contributed by atoms with van der Waals surface area (Å²) in [7, 11) is 3.14. The number of piperazine rings is 1. The number of halogens is 1. The Morgan fingerprint density at radius 2 is 1.64 bits per heavy atom. The molecule has 0 atom stereocenters. The predicted molar refractivity (Wildman–Crippen MR) is 108 cm³/mol. The first kappa shape index (κ1) is 19.8. The van der Waals surface area contributed by atoms with Gasteiger partial charge in [-0.25, -0.2) is 0 Å². The highest BCUT2D eigenvalue weighted by Crippen LogP contribution is 2.29. The van der Waals surface area contributed by atoms with Gasteiger partial charge >= 0.3 is 11.8 Å². The molecule has 1 aliphatic rings. The standard InChI is InChI=1S/C20H22ClN3O4/c1-27-17-8-7-14(13-15(17)21)22-19(25)20(26)24-11-9-23(10-12-24)16-5-3-4-6-18(16)28-2/h3-8,13H,9-12H2,1-2H3,(H,22,25). The highest BCUT2D eigenvalue weighted by Gasteiger charge is 2.27. The number of rotatable bonds is 4. The molecule has 8 heteroatoms. The Bertz CT molecular complexity index is 866.